The SMILES string of the molecule is CCOC(=O)[C@@H](Br)[C@@H](O)CC(C)C. The van der Waals surface area contributed by atoms with Gasteiger partial charge < -0.3 is 9.84 Å². The second-order valence-corrected chi connectivity index (χ2v) is 4.34. The zero-order chi connectivity index (χ0) is 10.4. The molecular formula is C9H17BrO3. The van der Waals surface area contributed by atoms with Crippen LogP contribution >= 0.6 is 15.9 Å². The number of hydrogen-bond acceptors (Lipinski definition) is 3. The van der Waals surface area contributed by atoms with Gasteiger partial charge in [0.25, 0.3) is 0 Å². The van der Waals surface area contributed by atoms with E-state index >= 15 is 0 Å². The smallest absolute Gasteiger partial charge is 0.322 e. The Balaban J connectivity index is 3.93. The van der Waals surface area contributed by atoms with Crippen LogP contribution in [0.15, 0.2) is 0 Å². The van der Waals surface area contributed by atoms with Gasteiger partial charge in [-0.2, -0.15) is 0 Å². The first-order chi connectivity index (χ1) is 5.99. The molecule has 13 heavy (non-hydrogen) atoms. The fourth-order valence-corrected chi connectivity index (χ4v) is 1.33. The van der Waals surface area contributed by atoms with Crippen molar-refractivity contribution in [2.24, 2.45) is 5.92 Å². The van der Waals surface area contributed by atoms with Crippen LogP contribution in [0.25, 0.3) is 0 Å². The molecule has 0 aliphatic heterocycles. The summed E-state index contributed by atoms with van der Waals surface area (Å²) in [7, 11) is 0. The predicted molar refractivity (Wildman–Crippen MR) is 54.8 cm³/mol. The lowest BCUT2D eigenvalue weighted by molar-refractivity contribution is -0.144. The van der Waals surface area contributed by atoms with E-state index in [2.05, 4.69) is 15.9 Å². The van der Waals surface area contributed by atoms with Gasteiger partial charge in [-0.15, -0.1) is 0 Å². The van der Waals surface area contributed by atoms with Crippen LogP contribution in [0.4, 0.5) is 0 Å². The first kappa shape index (κ1) is 12.9. The monoisotopic (exact) mass is 252 g/mol. The number of carbonyl (C=O) groups excluding carboxylic acids is 1. The van der Waals surface area contributed by atoms with Gasteiger partial charge in [-0.05, 0) is 19.3 Å². The van der Waals surface area contributed by atoms with Crippen molar-refractivity contribution in [1.29, 1.82) is 0 Å². The van der Waals surface area contributed by atoms with Gasteiger partial charge in [0.1, 0.15) is 4.83 Å². The molecule has 0 aromatic rings. The molecule has 0 unspecified atom stereocenters. The van der Waals surface area contributed by atoms with Crippen LogP contribution in [0.3, 0.4) is 0 Å². The summed E-state index contributed by atoms with van der Waals surface area (Å²) < 4.78 is 4.76. The van der Waals surface area contributed by atoms with E-state index in [0.717, 1.165) is 0 Å². The number of aliphatic hydroxyl groups excluding tert-OH is 1. The highest BCUT2D eigenvalue weighted by Crippen LogP contribution is 2.15. The average Bonchev–Trinajstić information content (AvgIpc) is 2.02. The maximum Gasteiger partial charge on any atom is 0.322 e. The molecule has 0 heterocycles. The van der Waals surface area contributed by atoms with E-state index in [9.17, 15) is 9.90 Å². The quantitative estimate of drug-likeness (QED) is 0.599. The molecule has 2 atom stereocenters. The van der Waals surface area contributed by atoms with Crippen molar-refractivity contribution >= 4 is 21.9 Å². The molecule has 0 aromatic heterocycles. The summed E-state index contributed by atoms with van der Waals surface area (Å²) in [6.07, 6.45) is -0.0756. The molecule has 0 aromatic carbocycles. The molecule has 3 nitrogen and oxygen atoms in total. The molecule has 0 fully saturated rings. The number of rotatable bonds is 5. The summed E-state index contributed by atoms with van der Waals surface area (Å²) in [6, 6.07) is 0. The molecule has 1 N–H and O–H groups in total. The van der Waals surface area contributed by atoms with Crippen molar-refractivity contribution < 1.29 is 14.6 Å². The number of hydrogen-bond donors (Lipinski definition) is 1. The van der Waals surface area contributed by atoms with Gasteiger partial charge in [-0.3, -0.25) is 4.79 Å². The number of aliphatic hydroxyl groups is 1. The Morgan fingerprint density at radius 2 is 2.08 bits per heavy atom. The zero-order valence-electron chi connectivity index (χ0n) is 8.29. The minimum atomic E-state index is -0.668. The fraction of sp³-hybridized carbons (Fsp3) is 0.889. The standard InChI is InChI=1S/C9H17BrO3/c1-4-13-9(12)8(10)7(11)5-6(2)3/h6-8,11H,4-5H2,1-3H3/t7-,8-/m0/s1. The summed E-state index contributed by atoms with van der Waals surface area (Å²) in [5, 5.41) is 9.54. The summed E-state index contributed by atoms with van der Waals surface area (Å²) in [5.41, 5.74) is 0. The Kier molecular flexibility index (Phi) is 6.33. The molecule has 0 bridgehead atoms. The molecule has 0 saturated heterocycles. The highest BCUT2D eigenvalue weighted by molar-refractivity contribution is 9.10. The molecule has 0 aliphatic carbocycles. The molecule has 0 radical (unpaired) electrons. The van der Waals surface area contributed by atoms with Gasteiger partial charge in [0, 0.05) is 0 Å². The summed E-state index contributed by atoms with van der Waals surface area (Å²) >= 11 is 3.11. The maximum atomic E-state index is 11.1. The van der Waals surface area contributed by atoms with Crippen LogP contribution in [-0.2, 0) is 9.53 Å². The van der Waals surface area contributed by atoms with Crippen molar-refractivity contribution in [2.45, 2.75) is 38.1 Å². The van der Waals surface area contributed by atoms with Gasteiger partial charge in [-0.25, -0.2) is 0 Å². The lowest BCUT2D eigenvalue weighted by atomic mass is 10.0. The van der Waals surface area contributed by atoms with Gasteiger partial charge in [0.05, 0.1) is 12.7 Å². The molecule has 0 amide bonds. The largest absolute Gasteiger partial charge is 0.465 e. The van der Waals surface area contributed by atoms with Crippen molar-refractivity contribution in [3.05, 3.63) is 0 Å². The van der Waals surface area contributed by atoms with Crippen LogP contribution in [0, 0.1) is 5.92 Å². The van der Waals surface area contributed by atoms with Gasteiger partial charge in [0.2, 0.25) is 0 Å². The van der Waals surface area contributed by atoms with Gasteiger partial charge in [-0.1, -0.05) is 29.8 Å². The molecule has 0 rings (SSSR count). The normalized spacial score (nSPS) is 15.5. The van der Waals surface area contributed by atoms with Gasteiger partial charge in [0.15, 0.2) is 0 Å². The molecule has 0 saturated carbocycles. The Labute approximate surface area is 87.6 Å². The van der Waals surface area contributed by atoms with Crippen molar-refractivity contribution in [1.82, 2.24) is 0 Å². The first-order valence-corrected chi connectivity index (χ1v) is 5.39. The van der Waals surface area contributed by atoms with Crippen molar-refractivity contribution in [3.8, 4) is 0 Å². The van der Waals surface area contributed by atoms with E-state index in [1.165, 1.54) is 0 Å². The molecule has 0 aliphatic rings. The van der Waals surface area contributed by atoms with E-state index in [4.69, 9.17) is 4.74 Å². The summed E-state index contributed by atoms with van der Waals surface area (Å²) in [4.78, 5) is 10.5. The Morgan fingerprint density at radius 1 is 1.54 bits per heavy atom. The Bertz CT molecular complexity index is 159. The lowest BCUT2D eigenvalue weighted by Gasteiger charge is -2.17. The molecule has 78 valence electrons. The van der Waals surface area contributed by atoms with Gasteiger partial charge >= 0.3 is 5.97 Å². The predicted octanol–water partition coefficient (Wildman–Crippen LogP) is 1.72. The number of ether oxygens (including phenoxy) is 1. The van der Waals surface area contributed by atoms with E-state index in [-0.39, 0.29) is 0 Å². The summed E-state index contributed by atoms with van der Waals surface area (Å²) in [5.74, 6) is -0.0277. The third-order valence-corrected chi connectivity index (χ3v) is 2.55. The Hall–Kier alpha value is -0.0900. The third kappa shape index (κ3) is 5.26. The first-order valence-electron chi connectivity index (χ1n) is 4.47. The van der Waals surface area contributed by atoms with Crippen LogP contribution < -0.4 is 0 Å². The average molecular weight is 253 g/mol. The number of carbonyl (C=O) groups is 1. The van der Waals surface area contributed by atoms with Crippen LogP contribution in [0.1, 0.15) is 27.2 Å². The van der Waals surface area contributed by atoms with Crippen LogP contribution in [0.5, 0.6) is 0 Å². The van der Waals surface area contributed by atoms with Crippen LogP contribution in [0.2, 0.25) is 0 Å². The number of alkyl halides is 1. The Morgan fingerprint density at radius 3 is 2.46 bits per heavy atom. The second kappa shape index (κ2) is 6.38. The zero-order valence-corrected chi connectivity index (χ0v) is 9.87. The second-order valence-electron chi connectivity index (χ2n) is 3.35. The van der Waals surface area contributed by atoms with E-state index < -0.39 is 16.9 Å². The highest BCUT2D eigenvalue weighted by Gasteiger charge is 2.25. The van der Waals surface area contributed by atoms with Crippen LogP contribution in [-0.4, -0.2) is 28.6 Å². The molecule has 0 spiro atoms. The molecule has 4 heteroatoms. The van der Waals surface area contributed by atoms with Crippen molar-refractivity contribution in [2.75, 3.05) is 6.61 Å². The lowest BCUT2D eigenvalue weighted by Crippen LogP contribution is -2.31. The topological polar surface area (TPSA) is 46.5 Å². The van der Waals surface area contributed by atoms with E-state index in [1.807, 2.05) is 13.8 Å². The van der Waals surface area contributed by atoms with E-state index in [1.54, 1.807) is 6.92 Å². The number of esters is 1. The summed E-state index contributed by atoms with van der Waals surface area (Å²) in [6.45, 7) is 6.07. The minimum absolute atomic E-state index is 0.343. The number of halogens is 1. The van der Waals surface area contributed by atoms with Crippen molar-refractivity contribution in [3.63, 3.8) is 0 Å². The molecular weight excluding hydrogens is 236 g/mol. The highest BCUT2D eigenvalue weighted by atomic mass is 79.9. The third-order valence-electron chi connectivity index (χ3n) is 1.56. The maximum absolute atomic E-state index is 11.1. The van der Waals surface area contributed by atoms with E-state index in [0.29, 0.717) is 18.9 Å². The minimum Gasteiger partial charge on any atom is -0.465 e. The fourth-order valence-electron chi connectivity index (χ4n) is 0.981.